The molecule has 2 rings (SSSR count). The Hall–Kier alpha value is -0.930. The molecule has 1 heterocycles. The van der Waals surface area contributed by atoms with Crippen LogP contribution in [0.25, 0.3) is 0 Å². The lowest BCUT2D eigenvalue weighted by atomic mass is 10.0. The number of hydrogen-bond donors (Lipinski definition) is 1. The van der Waals surface area contributed by atoms with Gasteiger partial charge in [0, 0.05) is 18.9 Å². The maximum Gasteiger partial charge on any atom is 0.0568 e. The summed E-state index contributed by atoms with van der Waals surface area (Å²) in [6.07, 6.45) is 8.18. The molecule has 0 amide bonds. The molecule has 0 spiro atoms. The molecule has 1 N–H and O–H groups in total. The van der Waals surface area contributed by atoms with E-state index in [0.717, 1.165) is 32.5 Å². The Morgan fingerprint density at radius 3 is 2.72 bits per heavy atom. The molecule has 0 saturated heterocycles. The predicted octanol–water partition coefficient (Wildman–Crippen LogP) is 2.45. The summed E-state index contributed by atoms with van der Waals surface area (Å²) in [5.74, 6) is 0.525. The third-order valence-electron chi connectivity index (χ3n) is 4.04. The van der Waals surface area contributed by atoms with E-state index in [0.29, 0.717) is 5.92 Å². The van der Waals surface area contributed by atoms with E-state index in [9.17, 15) is 5.11 Å². The first-order chi connectivity index (χ1) is 8.79. The van der Waals surface area contributed by atoms with Gasteiger partial charge in [-0.2, -0.15) is 0 Å². The van der Waals surface area contributed by atoms with Crippen molar-refractivity contribution in [3.8, 4) is 0 Å². The van der Waals surface area contributed by atoms with Gasteiger partial charge in [0.1, 0.15) is 0 Å². The van der Waals surface area contributed by atoms with Crippen LogP contribution in [0, 0.1) is 5.92 Å². The predicted molar refractivity (Wildman–Crippen MR) is 73.2 cm³/mol. The number of aliphatic hydroxyl groups is 1. The first kappa shape index (κ1) is 13.5. The van der Waals surface area contributed by atoms with Gasteiger partial charge >= 0.3 is 0 Å². The summed E-state index contributed by atoms with van der Waals surface area (Å²) in [5, 5.41) is 9.84. The molecule has 0 radical (unpaired) electrons. The van der Waals surface area contributed by atoms with Crippen LogP contribution in [0.2, 0.25) is 0 Å². The monoisotopic (exact) mass is 248 g/mol. The molecule has 1 aromatic rings. The Kier molecular flexibility index (Phi) is 5.14. The van der Waals surface area contributed by atoms with Crippen molar-refractivity contribution >= 4 is 0 Å². The van der Waals surface area contributed by atoms with Gasteiger partial charge in [0.2, 0.25) is 0 Å². The maximum atomic E-state index is 9.84. The summed E-state index contributed by atoms with van der Waals surface area (Å²) >= 11 is 0. The molecule has 1 aromatic heterocycles. The summed E-state index contributed by atoms with van der Waals surface area (Å²) in [4.78, 5) is 6.49. The summed E-state index contributed by atoms with van der Waals surface area (Å²) in [6, 6.07) is 4.15. The van der Waals surface area contributed by atoms with Gasteiger partial charge in [-0.25, -0.2) is 0 Å². The van der Waals surface area contributed by atoms with E-state index in [-0.39, 0.29) is 6.10 Å². The molecule has 1 aliphatic carbocycles. The second kappa shape index (κ2) is 6.86. The Labute approximate surface area is 110 Å². The molecule has 0 bridgehead atoms. The number of rotatable bonds is 6. The fourth-order valence-corrected chi connectivity index (χ4v) is 2.80. The highest BCUT2D eigenvalue weighted by molar-refractivity contribution is 5.09. The lowest BCUT2D eigenvalue weighted by molar-refractivity contribution is 0.117. The highest BCUT2D eigenvalue weighted by Gasteiger charge is 2.25. The zero-order chi connectivity index (χ0) is 12.8. The fourth-order valence-electron chi connectivity index (χ4n) is 2.80. The number of aliphatic hydroxyl groups excluding tert-OH is 1. The van der Waals surface area contributed by atoms with Crippen molar-refractivity contribution in [2.24, 2.45) is 5.92 Å². The Bertz CT molecular complexity index is 342. The van der Waals surface area contributed by atoms with Gasteiger partial charge in [-0.05, 0) is 56.0 Å². The van der Waals surface area contributed by atoms with Crippen LogP contribution in [0.4, 0.5) is 0 Å². The highest BCUT2D eigenvalue weighted by atomic mass is 16.3. The third-order valence-corrected chi connectivity index (χ3v) is 4.04. The van der Waals surface area contributed by atoms with Crippen LogP contribution in [0.1, 0.15) is 38.2 Å². The molecule has 2 unspecified atom stereocenters. The number of aromatic nitrogens is 1. The second-order valence-electron chi connectivity index (χ2n) is 5.27. The Morgan fingerprint density at radius 2 is 2.11 bits per heavy atom. The van der Waals surface area contributed by atoms with Crippen LogP contribution < -0.4 is 0 Å². The van der Waals surface area contributed by atoms with Gasteiger partial charge in [-0.3, -0.25) is 9.88 Å². The number of nitrogens with zero attached hydrogens (tertiary/aromatic N) is 2. The van der Waals surface area contributed by atoms with Gasteiger partial charge in [0.25, 0.3) is 0 Å². The van der Waals surface area contributed by atoms with E-state index in [2.05, 4.69) is 28.9 Å². The van der Waals surface area contributed by atoms with Crippen molar-refractivity contribution in [3.63, 3.8) is 0 Å². The molecule has 0 aliphatic heterocycles. The van der Waals surface area contributed by atoms with E-state index < -0.39 is 0 Å². The lowest BCUT2D eigenvalue weighted by Crippen LogP contribution is -2.27. The van der Waals surface area contributed by atoms with Gasteiger partial charge in [0.05, 0.1) is 6.10 Å². The maximum absolute atomic E-state index is 9.84. The normalized spacial score (nSPS) is 23.7. The van der Waals surface area contributed by atoms with Crippen molar-refractivity contribution in [2.75, 3.05) is 13.1 Å². The lowest BCUT2D eigenvalue weighted by Gasteiger charge is -2.23. The van der Waals surface area contributed by atoms with E-state index in [1.54, 1.807) is 0 Å². The summed E-state index contributed by atoms with van der Waals surface area (Å²) in [5.41, 5.74) is 1.32. The minimum atomic E-state index is -0.0513. The molecular formula is C15H24N2O. The average molecular weight is 248 g/mol. The second-order valence-corrected chi connectivity index (χ2v) is 5.27. The van der Waals surface area contributed by atoms with Gasteiger partial charge in [-0.15, -0.1) is 0 Å². The Morgan fingerprint density at radius 1 is 1.33 bits per heavy atom. The van der Waals surface area contributed by atoms with Crippen LogP contribution in [0.3, 0.4) is 0 Å². The summed E-state index contributed by atoms with van der Waals surface area (Å²) in [6.45, 7) is 5.33. The van der Waals surface area contributed by atoms with Crippen molar-refractivity contribution in [1.29, 1.82) is 0 Å². The summed E-state index contributed by atoms with van der Waals surface area (Å²) in [7, 11) is 0. The van der Waals surface area contributed by atoms with Gasteiger partial charge < -0.3 is 5.11 Å². The zero-order valence-electron chi connectivity index (χ0n) is 11.3. The minimum Gasteiger partial charge on any atom is -0.393 e. The number of hydrogen-bond acceptors (Lipinski definition) is 3. The first-order valence-corrected chi connectivity index (χ1v) is 7.09. The van der Waals surface area contributed by atoms with Gasteiger partial charge in [0.15, 0.2) is 0 Å². The third kappa shape index (κ3) is 3.79. The summed E-state index contributed by atoms with van der Waals surface area (Å²) < 4.78 is 0. The molecule has 0 aromatic carbocycles. The Balaban J connectivity index is 1.79. The van der Waals surface area contributed by atoms with Gasteiger partial charge in [-0.1, -0.05) is 13.3 Å². The fraction of sp³-hybridized carbons (Fsp3) is 0.667. The molecule has 3 heteroatoms. The molecule has 3 nitrogen and oxygen atoms in total. The van der Waals surface area contributed by atoms with E-state index >= 15 is 0 Å². The van der Waals surface area contributed by atoms with E-state index in [4.69, 9.17) is 0 Å². The molecule has 100 valence electrons. The van der Waals surface area contributed by atoms with Crippen molar-refractivity contribution in [3.05, 3.63) is 30.1 Å². The number of pyridine rings is 1. The standard InChI is InChI=1S/C15H24N2O/c1-2-17(12-13-6-9-16-10-7-13)11-8-14-4-3-5-15(14)18/h6-7,9-10,14-15,18H,2-5,8,11-12H2,1H3. The van der Waals surface area contributed by atoms with Crippen LogP contribution in [-0.4, -0.2) is 34.2 Å². The van der Waals surface area contributed by atoms with Crippen molar-refractivity contribution < 1.29 is 5.11 Å². The van der Waals surface area contributed by atoms with Crippen LogP contribution in [0.5, 0.6) is 0 Å². The van der Waals surface area contributed by atoms with Crippen LogP contribution in [-0.2, 0) is 6.54 Å². The molecule has 1 aliphatic rings. The molecule has 2 atom stereocenters. The highest BCUT2D eigenvalue weighted by Crippen LogP contribution is 2.28. The smallest absolute Gasteiger partial charge is 0.0568 e. The van der Waals surface area contributed by atoms with Crippen molar-refractivity contribution in [1.82, 2.24) is 9.88 Å². The van der Waals surface area contributed by atoms with E-state index in [1.807, 2.05) is 12.4 Å². The van der Waals surface area contributed by atoms with Crippen molar-refractivity contribution in [2.45, 2.75) is 45.3 Å². The average Bonchev–Trinajstić information content (AvgIpc) is 2.81. The van der Waals surface area contributed by atoms with Crippen LogP contribution in [0.15, 0.2) is 24.5 Å². The van der Waals surface area contributed by atoms with Crippen LogP contribution >= 0.6 is 0 Å². The zero-order valence-corrected chi connectivity index (χ0v) is 11.3. The first-order valence-electron chi connectivity index (χ1n) is 7.09. The molecule has 18 heavy (non-hydrogen) atoms. The van der Waals surface area contributed by atoms with E-state index in [1.165, 1.54) is 18.4 Å². The molecule has 1 saturated carbocycles. The largest absolute Gasteiger partial charge is 0.393 e. The SMILES string of the molecule is CCN(CCC1CCCC1O)Cc1ccncc1. The molecular weight excluding hydrogens is 224 g/mol. The minimum absolute atomic E-state index is 0.0513. The molecule has 1 fully saturated rings. The quantitative estimate of drug-likeness (QED) is 0.840. The topological polar surface area (TPSA) is 36.4 Å².